The normalized spacial score (nSPS) is 34.2. The molecule has 0 radical (unpaired) electrons. The molecule has 0 amide bonds. The molecule has 0 spiro atoms. The van der Waals surface area contributed by atoms with Gasteiger partial charge in [0.05, 0.1) is 0 Å². The summed E-state index contributed by atoms with van der Waals surface area (Å²) in [4.78, 5) is 0. The molecule has 0 bridgehead atoms. The van der Waals surface area contributed by atoms with Crippen LogP contribution in [0.5, 0.6) is 0 Å². The van der Waals surface area contributed by atoms with Crippen molar-refractivity contribution in [3.63, 3.8) is 0 Å². The van der Waals surface area contributed by atoms with Crippen LogP contribution in [0.15, 0.2) is 12.2 Å². The second kappa shape index (κ2) is 5.80. The van der Waals surface area contributed by atoms with Gasteiger partial charge in [-0.05, 0) is 38.0 Å². The molecule has 1 saturated heterocycles. The van der Waals surface area contributed by atoms with Crippen molar-refractivity contribution in [3.05, 3.63) is 12.2 Å². The molecular formula is C13H25NO2. The van der Waals surface area contributed by atoms with Gasteiger partial charge >= 0.3 is 0 Å². The summed E-state index contributed by atoms with van der Waals surface area (Å²) in [5, 5.41) is 21.5. The van der Waals surface area contributed by atoms with Crippen LogP contribution in [-0.2, 0) is 0 Å². The minimum absolute atomic E-state index is 0.0555. The van der Waals surface area contributed by atoms with Crippen LogP contribution < -0.4 is 5.32 Å². The summed E-state index contributed by atoms with van der Waals surface area (Å²) in [7, 11) is 0. The van der Waals surface area contributed by atoms with Crippen molar-refractivity contribution in [2.75, 3.05) is 19.8 Å². The minimum atomic E-state index is 0.0555. The molecule has 0 aromatic carbocycles. The molecule has 3 heteroatoms. The van der Waals surface area contributed by atoms with E-state index in [0.717, 1.165) is 25.8 Å². The molecule has 3 nitrogen and oxygen atoms in total. The molecule has 1 rings (SSSR count). The average Bonchev–Trinajstić information content (AvgIpc) is 2.53. The highest BCUT2D eigenvalue weighted by molar-refractivity contribution is 5.08. The molecule has 1 aliphatic rings. The van der Waals surface area contributed by atoms with Gasteiger partial charge in [-0.1, -0.05) is 19.1 Å². The topological polar surface area (TPSA) is 52.5 Å². The van der Waals surface area contributed by atoms with E-state index in [4.69, 9.17) is 5.11 Å². The van der Waals surface area contributed by atoms with Crippen molar-refractivity contribution in [2.45, 2.75) is 38.6 Å². The summed E-state index contributed by atoms with van der Waals surface area (Å²) < 4.78 is 0. The zero-order valence-electron chi connectivity index (χ0n) is 10.5. The lowest BCUT2D eigenvalue weighted by Gasteiger charge is -2.32. The predicted octanol–water partition coefficient (Wildman–Crippen LogP) is 1.31. The Kier molecular flexibility index (Phi) is 4.96. The van der Waals surface area contributed by atoms with E-state index in [1.165, 1.54) is 5.57 Å². The maximum Gasteiger partial charge on any atom is 0.0474 e. The van der Waals surface area contributed by atoms with Crippen LogP contribution in [0.1, 0.15) is 33.1 Å². The first-order valence-electron chi connectivity index (χ1n) is 6.17. The summed E-state index contributed by atoms with van der Waals surface area (Å²) in [6, 6.07) is 0. The van der Waals surface area contributed by atoms with E-state index in [1.807, 2.05) is 0 Å². The van der Waals surface area contributed by atoms with Gasteiger partial charge in [0.15, 0.2) is 0 Å². The molecule has 3 atom stereocenters. The summed E-state index contributed by atoms with van der Waals surface area (Å²) >= 11 is 0. The number of rotatable bonds is 6. The summed E-state index contributed by atoms with van der Waals surface area (Å²) in [6.45, 7) is 9.85. The first-order chi connectivity index (χ1) is 7.53. The van der Waals surface area contributed by atoms with Gasteiger partial charge in [-0.3, -0.25) is 0 Å². The molecule has 0 aromatic heterocycles. The zero-order valence-corrected chi connectivity index (χ0v) is 10.5. The lowest BCUT2D eigenvalue weighted by atomic mass is 9.79. The fourth-order valence-electron chi connectivity index (χ4n) is 2.61. The fourth-order valence-corrected chi connectivity index (χ4v) is 2.61. The molecule has 0 aromatic rings. The molecule has 1 heterocycles. The Balaban J connectivity index is 2.49. The van der Waals surface area contributed by atoms with Gasteiger partial charge in [0, 0.05) is 25.3 Å². The molecule has 0 saturated carbocycles. The van der Waals surface area contributed by atoms with Crippen LogP contribution in [0.25, 0.3) is 0 Å². The smallest absolute Gasteiger partial charge is 0.0474 e. The molecule has 1 fully saturated rings. The van der Waals surface area contributed by atoms with Crippen LogP contribution in [0.2, 0.25) is 0 Å². The third kappa shape index (κ3) is 3.06. The Labute approximate surface area is 98.6 Å². The van der Waals surface area contributed by atoms with Gasteiger partial charge in [0.1, 0.15) is 0 Å². The average molecular weight is 227 g/mol. The summed E-state index contributed by atoms with van der Waals surface area (Å²) in [5.41, 5.74) is 1.24. The van der Waals surface area contributed by atoms with Crippen molar-refractivity contribution in [3.8, 4) is 0 Å². The Hall–Kier alpha value is -0.380. The third-order valence-corrected chi connectivity index (χ3v) is 4.02. The Morgan fingerprint density at radius 1 is 1.50 bits per heavy atom. The van der Waals surface area contributed by atoms with Crippen LogP contribution in [-0.4, -0.2) is 35.5 Å². The van der Waals surface area contributed by atoms with E-state index < -0.39 is 0 Å². The zero-order chi connectivity index (χ0) is 12.2. The van der Waals surface area contributed by atoms with Gasteiger partial charge in [0.25, 0.3) is 0 Å². The molecule has 0 aliphatic carbocycles. The fraction of sp³-hybridized carbons (Fsp3) is 0.846. The van der Waals surface area contributed by atoms with Crippen LogP contribution >= 0.6 is 0 Å². The highest BCUT2D eigenvalue weighted by atomic mass is 16.3. The van der Waals surface area contributed by atoms with E-state index in [0.29, 0.717) is 11.8 Å². The standard InChI is InChI=1S/C13H25NO2/c1-10(5-4-6-15)7-13(3)11(2)12(9-16)8-14-13/h11-12,14-16H,1,4-9H2,2-3H3/t11-,12?,13+/m0/s1. The van der Waals surface area contributed by atoms with Gasteiger partial charge in [0.2, 0.25) is 0 Å². The van der Waals surface area contributed by atoms with E-state index in [-0.39, 0.29) is 18.8 Å². The van der Waals surface area contributed by atoms with Crippen LogP contribution in [0.3, 0.4) is 0 Å². The van der Waals surface area contributed by atoms with Crippen molar-refractivity contribution in [2.24, 2.45) is 11.8 Å². The lowest BCUT2D eigenvalue weighted by molar-refractivity contribution is 0.184. The maximum absolute atomic E-state index is 9.25. The van der Waals surface area contributed by atoms with Gasteiger partial charge in [-0.15, -0.1) is 0 Å². The predicted molar refractivity (Wildman–Crippen MR) is 66.2 cm³/mol. The highest BCUT2D eigenvalue weighted by Gasteiger charge is 2.41. The van der Waals surface area contributed by atoms with Crippen molar-refractivity contribution in [1.82, 2.24) is 5.32 Å². The Morgan fingerprint density at radius 3 is 2.69 bits per heavy atom. The van der Waals surface area contributed by atoms with Crippen molar-refractivity contribution >= 4 is 0 Å². The SMILES string of the molecule is C=C(CCCO)C[C@@]1(C)NCC(CO)[C@@H]1C. The van der Waals surface area contributed by atoms with Gasteiger partial charge in [-0.2, -0.15) is 0 Å². The lowest BCUT2D eigenvalue weighted by Crippen LogP contribution is -2.41. The minimum Gasteiger partial charge on any atom is -0.396 e. The molecule has 16 heavy (non-hydrogen) atoms. The largest absolute Gasteiger partial charge is 0.396 e. The number of hydrogen-bond acceptors (Lipinski definition) is 3. The monoisotopic (exact) mass is 227 g/mol. The summed E-state index contributed by atoms with van der Waals surface area (Å²) in [6.07, 6.45) is 2.63. The van der Waals surface area contributed by atoms with Gasteiger partial charge in [-0.25, -0.2) is 0 Å². The van der Waals surface area contributed by atoms with Crippen LogP contribution in [0, 0.1) is 11.8 Å². The van der Waals surface area contributed by atoms with E-state index in [9.17, 15) is 5.11 Å². The molecule has 3 N–H and O–H groups in total. The molecule has 94 valence electrons. The van der Waals surface area contributed by atoms with E-state index in [2.05, 4.69) is 25.7 Å². The highest BCUT2D eigenvalue weighted by Crippen LogP contribution is 2.35. The summed E-state index contributed by atoms with van der Waals surface area (Å²) in [5.74, 6) is 0.819. The number of nitrogens with one attached hydrogen (secondary N) is 1. The Bertz CT molecular complexity index is 242. The number of aliphatic hydroxyl groups excluding tert-OH is 2. The Morgan fingerprint density at radius 2 is 2.19 bits per heavy atom. The maximum atomic E-state index is 9.25. The van der Waals surface area contributed by atoms with Gasteiger partial charge < -0.3 is 15.5 Å². The van der Waals surface area contributed by atoms with E-state index in [1.54, 1.807) is 0 Å². The molecule has 1 unspecified atom stereocenters. The second-order valence-corrected chi connectivity index (χ2v) is 5.28. The van der Waals surface area contributed by atoms with E-state index >= 15 is 0 Å². The first-order valence-corrected chi connectivity index (χ1v) is 6.17. The van der Waals surface area contributed by atoms with Crippen molar-refractivity contribution in [1.29, 1.82) is 0 Å². The quantitative estimate of drug-likeness (QED) is 0.600. The third-order valence-electron chi connectivity index (χ3n) is 4.02. The molecule has 1 aliphatic heterocycles. The van der Waals surface area contributed by atoms with Crippen molar-refractivity contribution < 1.29 is 10.2 Å². The molecular weight excluding hydrogens is 202 g/mol. The second-order valence-electron chi connectivity index (χ2n) is 5.28. The number of aliphatic hydroxyl groups is 2. The number of hydrogen-bond donors (Lipinski definition) is 3. The first kappa shape index (κ1) is 13.7. The van der Waals surface area contributed by atoms with Crippen LogP contribution in [0.4, 0.5) is 0 Å².